The van der Waals surface area contributed by atoms with Gasteiger partial charge in [-0.15, -0.1) is 21.5 Å². The first-order valence-corrected chi connectivity index (χ1v) is 7.74. The largest absolute Gasteiger partial charge is 0.420 e. The fraction of sp³-hybridized carbons (Fsp3) is 0.500. The van der Waals surface area contributed by atoms with E-state index in [1.807, 2.05) is 12.1 Å². The third-order valence-corrected chi connectivity index (χ3v) is 4.44. The van der Waals surface area contributed by atoms with Gasteiger partial charge in [-0.25, -0.2) is 0 Å². The lowest BCUT2D eigenvalue weighted by atomic mass is 10.3. The van der Waals surface area contributed by atoms with E-state index in [-0.39, 0.29) is 0 Å². The van der Waals surface area contributed by atoms with E-state index in [4.69, 9.17) is 4.42 Å². The zero-order valence-corrected chi connectivity index (χ0v) is 12.3. The number of rotatable bonds is 6. The monoisotopic (exact) mass is 327 g/mol. The number of nitrogens with zero attached hydrogens (tertiary/aromatic N) is 2. The Bertz CT molecular complexity index is 521. The summed E-state index contributed by atoms with van der Waals surface area (Å²) in [6.07, 6.45) is 4.56. The zero-order chi connectivity index (χ0) is 12.4. The molecule has 0 aliphatic heterocycles. The molecule has 96 valence electrons. The van der Waals surface area contributed by atoms with E-state index in [1.165, 1.54) is 12.8 Å². The van der Waals surface area contributed by atoms with E-state index in [1.54, 1.807) is 11.3 Å². The highest BCUT2D eigenvalue weighted by Gasteiger charge is 2.19. The minimum Gasteiger partial charge on any atom is -0.420 e. The van der Waals surface area contributed by atoms with Crippen molar-refractivity contribution in [3.63, 3.8) is 0 Å². The number of thiophene rings is 1. The standard InChI is InChI=1S/C12H14BrN3OS/c13-10-6-5-9(18-10)12-16-15-11(17-12)2-1-7-14-8-3-4-8/h5-6,8,14H,1-4,7H2. The minimum atomic E-state index is 0.621. The van der Waals surface area contributed by atoms with Crippen molar-refractivity contribution in [2.75, 3.05) is 6.54 Å². The van der Waals surface area contributed by atoms with Gasteiger partial charge in [0, 0.05) is 12.5 Å². The molecule has 18 heavy (non-hydrogen) atoms. The molecule has 1 N–H and O–H groups in total. The average molecular weight is 328 g/mol. The van der Waals surface area contributed by atoms with Crippen LogP contribution in [0.5, 0.6) is 0 Å². The second-order valence-corrected chi connectivity index (χ2v) is 6.90. The Kier molecular flexibility index (Phi) is 3.77. The van der Waals surface area contributed by atoms with Crippen LogP contribution in [-0.2, 0) is 6.42 Å². The maximum Gasteiger partial charge on any atom is 0.257 e. The molecule has 0 aromatic carbocycles. The van der Waals surface area contributed by atoms with Crippen molar-refractivity contribution in [1.82, 2.24) is 15.5 Å². The summed E-state index contributed by atoms with van der Waals surface area (Å²) in [6, 6.07) is 4.75. The number of nitrogens with one attached hydrogen (secondary N) is 1. The van der Waals surface area contributed by atoms with Crippen molar-refractivity contribution < 1.29 is 4.42 Å². The first-order chi connectivity index (χ1) is 8.81. The molecule has 1 saturated carbocycles. The summed E-state index contributed by atoms with van der Waals surface area (Å²) < 4.78 is 6.72. The van der Waals surface area contributed by atoms with Crippen LogP contribution in [-0.4, -0.2) is 22.8 Å². The Hall–Kier alpha value is -0.720. The van der Waals surface area contributed by atoms with Crippen LogP contribution >= 0.6 is 27.3 Å². The molecule has 3 rings (SSSR count). The van der Waals surface area contributed by atoms with Crippen LogP contribution in [0.25, 0.3) is 10.8 Å². The smallest absolute Gasteiger partial charge is 0.257 e. The lowest BCUT2D eigenvalue weighted by Gasteiger charge is -1.99. The molecule has 0 amide bonds. The average Bonchev–Trinajstić information content (AvgIpc) is 2.88. The molecule has 1 aliphatic carbocycles. The minimum absolute atomic E-state index is 0.621. The second-order valence-electron chi connectivity index (χ2n) is 4.44. The molecule has 0 atom stereocenters. The molecule has 0 radical (unpaired) electrons. The van der Waals surface area contributed by atoms with Gasteiger partial charge >= 0.3 is 0 Å². The Morgan fingerprint density at radius 2 is 2.28 bits per heavy atom. The number of aromatic nitrogens is 2. The van der Waals surface area contributed by atoms with Crippen LogP contribution in [0, 0.1) is 0 Å². The molecule has 2 aromatic rings. The Morgan fingerprint density at radius 3 is 3.00 bits per heavy atom. The fourth-order valence-corrected chi connectivity index (χ4v) is 3.02. The molecule has 0 unspecified atom stereocenters. The summed E-state index contributed by atoms with van der Waals surface area (Å²) in [6.45, 7) is 1.03. The van der Waals surface area contributed by atoms with Crippen LogP contribution in [0.1, 0.15) is 25.2 Å². The van der Waals surface area contributed by atoms with Crippen molar-refractivity contribution in [2.24, 2.45) is 0 Å². The van der Waals surface area contributed by atoms with Gasteiger partial charge in [0.15, 0.2) is 0 Å². The summed E-state index contributed by atoms with van der Waals surface area (Å²) in [5, 5.41) is 11.6. The molecule has 4 nitrogen and oxygen atoms in total. The van der Waals surface area contributed by atoms with Crippen molar-refractivity contribution in [3.05, 3.63) is 21.8 Å². The summed E-state index contributed by atoms with van der Waals surface area (Å²) in [5.41, 5.74) is 0. The lowest BCUT2D eigenvalue weighted by molar-refractivity contribution is 0.491. The maximum absolute atomic E-state index is 5.65. The van der Waals surface area contributed by atoms with Crippen molar-refractivity contribution in [3.8, 4) is 10.8 Å². The molecular weight excluding hydrogens is 314 g/mol. The van der Waals surface area contributed by atoms with Crippen LogP contribution in [0.15, 0.2) is 20.3 Å². The highest BCUT2D eigenvalue weighted by molar-refractivity contribution is 9.11. The highest BCUT2D eigenvalue weighted by atomic mass is 79.9. The molecule has 2 aromatic heterocycles. The van der Waals surface area contributed by atoms with Crippen LogP contribution in [0.4, 0.5) is 0 Å². The van der Waals surface area contributed by atoms with Gasteiger partial charge in [-0.3, -0.25) is 0 Å². The third-order valence-electron chi connectivity index (χ3n) is 2.83. The third kappa shape index (κ3) is 3.18. The van der Waals surface area contributed by atoms with Crippen LogP contribution < -0.4 is 5.32 Å². The molecule has 1 aliphatic rings. The summed E-state index contributed by atoms with van der Waals surface area (Å²) in [5.74, 6) is 1.35. The van der Waals surface area contributed by atoms with E-state index in [0.717, 1.165) is 40.0 Å². The first kappa shape index (κ1) is 12.3. The fourth-order valence-electron chi connectivity index (χ4n) is 1.72. The van der Waals surface area contributed by atoms with E-state index in [9.17, 15) is 0 Å². The maximum atomic E-state index is 5.65. The van der Waals surface area contributed by atoms with Gasteiger partial charge in [0.1, 0.15) is 0 Å². The molecule has 6 heteroatoms. The molecule has 0 spiro atoms. The predicted octanol–water partition coefficient (Wildman–Crippen LogP) is 3.25. The van der Waals surface area contributed by atoms with Gasteiger partial charge in [0.25, 0.3) is 5.89 Å². The molecule has 2 heterocycles. The highest BCUT2D eigenvalue weighted by Crippen LogP contribution is 2.30. The van der Waals surface area contributed by atoms with Gasteiger partial charge in [-0.2, -0.15) is 0 Å². The second kappa shape index (κ2) is 5.50. The van der Waals surface area contributed by atoms with Crippen molar-refractivity contribution >= 4 is 27.3 Å². The van der Waals surface area contributed by atoms with E-state index < -0.39 is 0 Å². The zero-order valence-electron chi connectivity index (χ0n) is 9.86. The van der Waals surface area contributed by atoms with E-state index >= 15 is 0 Å². The molecule has 0 saturated heterocycles. The Balaban J connectivity index is 1.52. The predicted molar refractivity (Wildman–Crippen MR) is 74.7 cm³/mol. The SMILES string of the molecule is Brc1ccc(-c2nnc(CCCNC3CC3)o2)s1. The molecule has 0 bridgehead atoms. The van der Waals surface area contributed by atoms with Gasteiger partial charge in [-0.05, 0) is 53.9 Å². The normalized spacial score (nSPS) is 15.2. The molecular formula is C12H14BrN3OS. The van der Waals surface area contributed by atoms with Crippen LogP contribution in [0.3, 0.4) is 0 Å². The summed E-state index contributed by atoms with van der Waals surface area (Å²) >= 11 is 5.03. The summed E-state index contributed by atoms with van der Waals surface area (Å²) in [7, 11) is 0. The number of halogens is 1. The quantitative estimate of drug-likeness (QED) is 0.827. The van der Waals surface area contributed by atoms with E-state index in [2.05, 4.69) is 31.4 Å². The Morgan fingerprint density at radius 1 is 1.39 bits per heavy atom. The van der Waals surface area contributed by atoms with Gasteiger partial charge < -0.3 is 9.73 Å². The van der Waals surface area contributed by atoms with Crippen molar-refractivity contribution in [1.29, 1.82) is 0 Å². The van der Waals surface area contributed by atoms with E-state index in [0.29, 0.717) is 5.89 Å². The molecule has 1 fully saturated rings. The number of aryl methyl sites for hydroxylation is 1. The summed E-state index contributed by atoms with van der Waals surface area (Å²) in [4.78, 5) is 1.01. The Labute approximate surface area is 118 Å². The number of hydrogen-bond donors (Lipinski definition) is 1. The van der Waals surface area contributed by atoms with Gasteiger partial charge in [0.05, 0.1) is 8.66 Å². The number of hydrogen-bond acceptors (Lipinski definition) is 5. The van der Waals surface area contributed by atoms with Gasteiger partial charge in [0.2, 0.25) is 5.89 Å². The lowest BCUT2D eigenvalue weighted by Crippen LogP contribution is -2.17. The van der Waals surface area contributed by atoms with Gasteiger partial charge in [-0.1, -0.05) is 0 Å². The van der Waals surface area contributed by atoms with Crippen LogP contribution in [0.2, 0.25) is 0 Å². The topological polar surface area (TPSA) is 51.0 Å². The first-order valence-electron chi connectivity index (χ1n) is 6.13. The van der Waals surface area contributed by atoms with Crippen molar-refractivity contribution in [2.45, 2.75) is 31.7 Å².